The molecule has 4 rings (SSSR count). The van der Waals surface area contributed by atoms with Gasteiger partial charge >= 0.3 is 6.09 Å². The van der Waals surface area contributed by atoms with Crippen LogP contribution in [0.3, 0.4) is 0 Å². The molecule has 1 saturated heterocycles. The SMILES string of the molecule is CC1CN(c2cc(SNC3(C)CC3)cc(Nc3nnc(C(F)F)s3)c2C=N)C[C@H](C)N1C(=O)OC(C)(C)C. The van der Waals surface area contributed by atoms with Crippen LogP contribution in [0.2, 0.25) is 0 Å². The van der Waals surface area contributed by atoms with Crippen LogP contribution in [-0.2, 0) is 4.74 Å². The Morgan fingerprint density at radius 1 is 1.26 bits per heavy atom. The van der Waals surface area contributed by atoms with Gasteiger partial charge in [0.1, 0.15) is 5.60 Å². The summed E-state index contributed by atoms with van der Waals surface area (Å²) in [6.45, 7) is 12.8. The van der Waals surface area contributed by atoms with E-state index in [9.17, 15) is 13.6 Å². The number of ether oxygens (including phenoxy) is 1. The number of carbonyl (C=O) groups is 1. The molecule has 38 heavy (non-hydrogen) atoms. The molecule has 3 N–H and O–H groups in total. The number of benzene rings is 1. The zero-order valence-corrected chi connectivity index (χ0v) is 24.1. The summed E-state index contributed by atoms with van der Waals surface area (Å²) in [6, 6.07) is 3.64. The van der Waals surface area contributed by atoms with Crippen LogP contribution in [0.1, 0.15) is 71.4 Å². The van der Waals surface area contributed by atoms with Crippen molar-refractivity contribution in [3.63, 3.8) is 0 Å². The van der Waals surface area contributed by atoms with Gasteiger partial charge in [-0.25, -0.2) is 13.6 Å². The number of aromatic nitrogens is 2. The van der Waals surface area contributed by atoms with Gasteiger partial charge in [-0.2, -0.15) is 0 Å². The van der Waals surface area contributed by atoms with Gasteiger partial charge in [0.15, 0.2) is 5.01 Å². The van der Waals surface area contributed by atoms with Crippen molar-refractivity contribution in [1.29, 1.82) is 5.41 Å². The first-order valence-electron chi connectivity index (χ1n) is 12.6. The first kappa shape index (κ1) is 28.5. The molecule has 2 aromatic rings. The standard InChI is InChI=1S/C25H35F2N7O2S2/c1-14-12-33(13-15(2)34(14)23(35)36-24(3,4)5)19-10-16(38-32-25(6)7-8-25)9-18(17(19)11-28)29-22-31-30-21(37-22)20(26)27/h9-11,14-15,20,28,32H,7-8,12-13H2,1-6H3,(H,29,31)/t14-,15?/m0/s1. The van der Waals surface area contributed by atoms with Crippen molar-refractivity contribution in [2.45, 2.75) is 88.9 Å². The van der Waals surface area contributed by atoms with Crippen LogP contribution in [-0.4, -0.2) is 63.7 Å². The number of nitrogens with zero attached hydrogens (tertiary/aromatic N) is 4. The Kier molecular flexibility index (Phi) is 8.20. The quantitative estimate of drug-likeness (QED) is 0.256. The molecular weight excluding hydrogens is 532 g/mol. The topological polar surface area (TPSA) is 106 Å². The molecule has 1 aliphatic carbocycles. The number of carbonyl (C=O) groups excluding carboxylic acids is 1. The molecule has 1 aromatic carbocycles. The van der Waals surface area contributed by atoms with Crippen LogP contribution >= 0.6 is 23.3 Å². The average molecular weight is 568 g/mol. The first-order chi connectivity index (χ1) is 17.8. The van der Waals surface area contributed by atoms with Crippen molar-refractivity contribution in [1.82, 2.24) is 19.8 Å². The molecule has 2 aliphatic rings. The molecule has 208 valence electrons. The predicted molar refractivity (Wildman–Crippen MR) is 148 cm³/mol. The van der Waals surface area contributed by atoms with E-state index in [1.54, 1.807) is 4.90 Å². The number of piperazine rings is 1. The van der Waals surface area contributed by atoms with Gasteiger partial charge in [0.05, 0.1) is 17.8 Å². The molecule has 1 unspecified atom stereocenters. The number of halogens is 2. The van der Waals surface area contributed by atoms with Crippen LogP contribution in [0.15, 0.2) is 17.0 Å². The Bertz CT molecular complexity index is 1170. The molecule has 13 heteroatoms. The fraction of sp³-hybridized carbons (Fsp3) is 0.600. The number of hydrogen-bond donors (Lipinski definition) is 3. The summed E-state index contributed by atoms with van der Waals surface area (Å²) < 4.78 is 35.3. The molecule has 1 amide bonds. The molecule has 1 aromatic heterocycles. The molecule has 0 radical (unpaired) electrons. The molecule has 2 atom stereocenters. The average Bonchev–Trinajstić information content (AvgIpc) is 3.36. The van der Waals surface area contributed by atoms with Gasteiger partial charge < -0.3 is 20.4 Å². The Morgan fingerprint density at radius 3 is 2.45 bits per heavy atom. The zero-order chi connectivity index (χ0) is 27.8. The van der Waals surface area contributed by atoms with E-state index in [-0.39, 0.29) is 33.9 Å². The van der Waals surface area contributed by atoms with Crippen LogP contribution in [0, 0.1) is 5.41 Å². The van der Waals surface area contributed by atoms with E-state index in [0.717, 1.165) is 34.8 Å². The van der Waals surface area contributed by atoms with Gasteiger partial charge in [-0.05, 0) is 78.5 Å². The number of anilines is 3. The van der Waals surface area contributed by atoms with E-state index >= 15 is 0 Å². The highest BCUT2D eigenvalue weighted by atomic mass is 32.2. The molecular formula is C25H35F2N7O2S2. The third kappa shape index (κ3) is 6.73. The summed E-state index contributed by atoms with van der Waals surface area (Å²) in [5, 5.41) is 18.6. The normalized spacial score (nSPS) is 21.0. The van der Waals surface area contributed by atoms with E-state index in [1.165, 1.54) is 18.2 Å². The second-order valence-electron chi connectivity index (χ2n) is 11.2. The van der Waals surface area contributed by atoms with Crippen LogP contribution < -0.4 is 14.9 Å². The molecule has 2 fully saturated rings. The zero-order valence-electron chi connectivity index (χ0n) is 22.5. The minimum atomic E-state index is -2.70. The molecule has 1 saturated carbocycles. The van der Waals surface area contributed by atoms with Crippen molar-refractivity contribution >= 4 is 52.1 Å². The van der Waals surface area contributed by atoms with Gasteiger partial charge in [-0.3, -0.25) is 9.62 Å². The number of rotatable bonds is 8. The van der Waals surface area contributed by atoms with Crippen molar-refractivity contribution in [2.75, 3.05) is 23.3 Å². The third-order valence-corrected chi connectivity index (χ3v) is 8.34. The Balaban J connectivity index is 1.64. The van der Waals surface area contributed by atoms with E-state index in [0.29, 0.717) is 24.3 Å². The largest absolute Gasteiger partial charge is 0.444 e. The number of hydrogen-bond acceptors (Lipinski definition) is 10. The van der Waals surface area contributed by atoms with Gasteiger partial charge in [0, 0.05) is 41.0 Å². The second-order valence-corrected chi connectivity index (χ2v) is 13.1. The van der Waals surface area contributed by atoms with Crippen molar-refractivity contribution < 1.29 is 18.3 Å². The predicted octanol–water partition coefficient (Wildman–Crippen LogP) is 6.20. The third-order valence-electron chi connectivity index (χ3n) is 6.42. The van der Waals surface area contributed by atoms with E-state index < -0.39 is 12.0 Å². The van der Waals surface area contributed by atoms with E-state index in [4.69, 9.17) is 10.1 Å². The molecule has 2 heterocycles. The van der Waals surface area contributed by atoms with Gasteiger partial charge in [-0.1, -0.05) is 11.3 Å². The number of nitrogens with one attached hydrogen (secondary N) is 3. The van der Waals surface area contributed by atoms with Gasteiger partial charge in [-0.15, -0.1) is 10.2 Å². The highest BCUT2D eigenvalue weighted by molar-refractivity contribution is 7.97. The lowest BCUT2D eigenvalue weighted by molar-refractivity contribution is 0.00565. The Labute approximate surface area is 230 Å². The summed E-state index contributed by atoms with van der Waals surface area (Å²) in [5.41, 5.74) is 1.50. The molecule has 0 spiro atoms. The summed E-state index contributed by atoms with van der Waals surface area (Å²) in [4.78, 5) is 17.8. The van der Waals surface area contributed by atoms with Gasteiger partial charge in [0.25, 0.3) is 6.43 Å². The minimum Gasteiger partial charge on any atom is -0.444 e. The van der Waals surface area contributed by atoms with E-state index in [2.05, 4.69) is 32.1 Å². The molecule has 9 nitrogen and oxygen atoms in total. The maximum atomic E-state index is 13.1. The summed E-state index contributed by atoms with van der Waals surface area (Å²) in [6.07, 6.45) is 0.407. The van der Waals surface area contributed by atoms with Crippen molar-refractivity contribution in [3.05, 3.63) is 22.7 Å². The first-order valence-corrected chi connectivity index (χ1v) is 14.2. The summed E-state index contributed by atoms with van der Waals surface area (Å²) in [7, 11) is 0. The fourth-order valence-corrected chi connectivity index (χ4v) is 5.87. The summed E-state index contributed by atoms with van der Waals surface area (Å²) in [5.74, 6) is 0. The lowest BCUT2D eigenvalue weighted by Gasteiger charge is -2.45. The maximum absolute atomic E-state index is 13.1. The van der Waals surface area contributed by atoms with Crippen LogP contribution in [0.5, 0.6) is 0 Å². The maximum Gasteiger partial charge on any atom is 0.410 e. The number of amides is 1. The van der Waals surface area contributed by atoms with Crippen molar-refractivity contribution in [3.8, 4) is 0 Å². The Hall–Kier alpha value is -2.51. The van der Waals surface area contributed by atoms with Crippen LogP contribution in [0.4, 0.5) is 30.1 Å². The van der Waals surface area contributed by atoms with Gasteiger partial charge in [0.2, 0.25) is 5.13 Å². The molecule has 1 aliphatic heterocycles. The smallest absolute Gasteiger partial charge is 0.410 e. The highest BCUT2D eigenvalue weighted by Crippen LogP contribution is 2.41. The fourth-order valence-electron chi connectivity index (χ4n) is 4.34. The van der Waals surface area contributed by atoms with Crippen LogP contribution in [0.25, 0.3) is 0 Å². The minimum absolute atomic E-state index is 0.0894. The Morgan fingerprint density at radius 2 is 1.92 bits per heavy atom. The molecule has 0 bridgehead atoms. The van der Waals surface area contributed by atoms with E-state index in [1.807, 2.05) is 46.8 Å². The monoisotopic (exact) mass is 567 g/mol. The van der Waals surface area contributed by atoms with Crippen molar-refractivity contribution in [2.24, 2.45) is 0 Å². The number of alkyl halides is 2. The second kappa shape index (κ2) is 10.9. The summed E-state index contributed by atoms with van der Waals surface area (Å²) >= 11 is 2.29. The lowest BCUT2D eigenvalue weighted by Crippen LogP contribution is -2.59. The lowest BCUT2D eigenvalue weighted by atomic mass is 10.0. The highest BCUT2D eigenvalue weighted by Gasteiger charge is 2.38.